The first-order chi connectivity index (χ1) is 11.3. The molecule has 0 aliphatic rings. The van der Waals surface area contributed by atoms with Crippen molar-refractivity contribution in [2.24, 2.45) is 5.73 Å². The summed E-state index contributed by atoms with van der Waals surface area (Å²) in [6.07, 6.45) is 22.8. The van der Waals surface area contributed by atoms with Crippen LogP contribution in [-0.2, 0) is 9.53 Å². The average Bonchev–Trinajstić information content (AvgIpc) is 2.56. The molecule has 0 aromatic rings. The molecule has 0 unspecified atom stereocenters. The number of carbonyl (C=O) groups excluding carboxylic acids is 1. The van der Waals surface area contributed by atoms with E-state index in [9.17, 15) is 4.79 Å². The summed E-state index contributed by atoms with van der Waals surface area (Å²) in [7, 11) is 0. The van der Waals surface area contributed by atoms with E-state index in [0.717, 1.165) is 19.3 Å². The van der Waals surface area contributed by atoms with Crippen LogP contribution in [0.4, 0.5) is 0 Å². The van der Waals surface area contributed by atoms with E-state index in [-0.39, 0.29) is 5.97 Å². The molecule has 0 bridgehead atoms. The van der Waals surface area contributed by atoms with E-state index in [4.69, 9.17) is 10.5 Å². The molecule has 0 aromatic heterocycles. The van der Waals surface area contributed by atoms with E-state index >= 15 is 0 Å². The summed E-state index contributed by atoms with van der Waals surface area (Å²) < 4.78 is 4.93. The van der Waals surface area contributed by atoms with Gasteiger partial charge in [0.1, 0.15) is 6.61 Å². The minimum Gasteiger partial charge on any atom is -0.464 e. The summed E-state index contributed by atoms with van der Waals surface area (Å²) >= 11 is 0. The first-order valence-corrected chi connectivity index (χ1v) is 9.47. The predicted molar refractivity (Wildman–Crippen MR) is 99.4 cm³/mol. The van der Waals surface area contributed by atoms with Crippen LogP contribution in [-0.4, -0.2) is 19.1 Å². The second kappa shape index (κ2) is 19.0. The van der Waals surface area contributed by atoms with Gasteiger partial charge in [0.05, 0.1) is 0 Å². The highest BCUT2D eigenvalue weighted by molar-refractivity contribution is 5.69. The van der Waals surface area contributed by atoms with E-state index in [1.165, 1.54) is 51.4 Å². The topological polar surface area (TPSA) is 52.3 Å². The Hall–Kier alpha value is -1.09. The molecule has 0 heterocycles. The van der Waals surface area contributed by atoms with E-state index in [0.29, 0.717) is 19.6 Å². The van der Waals surface area contributed by atoms with Crippen molar-refractivity contribution in [2.45, 2.75) is 84.0 Å². The van der Waals surface area contributed by atoms with Crippen LogP contribution in [0.5, 0.6) is 0 Å². The molecule has 3 heteroatoms. The third-order valence-electron chi connectivity index (χ3n) is 3.71. The van der Waals surface area contributed by atoms with Crippen molar-refractivity contribution in [2.75, 3.05) is 13.2 Å². The number of allylic oxidation sites excluding steroid dienone is 4. The lowest BCUT2D eigenvalue weighted by Gasteiger charge is -2.02. The second-order valence-corrected chi connectivity index (χ2v) is 5.99. The number of carbonyl (C=O) groups is 1. The average molecular weight is 324 g/mol. The summed E-state index contributed by atoms with van der Waals surface area (Å²) in [6, 6.07) is 0. The van der Waals surface area contributed by atoms with Crippen molar-refractivity contribution in [1.29, 1.82) is 0 Å². The van der Waals surface area contributed by atoms with Gasteiger partial charge in [0.15, 0.2) is 0 Å². The Bertz CT molecular complexity index is 311. The van der Waals surface area contributed by atoms with Gasteiger partial charge in [-0.2, -0.15) is 0 Å². The van der Waals surface area contributed by atoms with E-state index in [1.54, 1.807) is 0 Å². The summed E-state index contributed by atoms with van der Waals surface area (Å²) in [5, 5.41) is 0. The monoisotopic (exact) mass is 323 g/mol. The second-order valence-electron chi connectivity index (χ2n) is 5.99. The van der Waals surface area contributed by atoms with Gasteiger partial charge in [-0.1, -0.05) is 63.3 Å². The number of rotatable bonds is 16. The molecule has 0 radical (unpaired) electrons. The Morgan fingerprint density at radius 3 is 2.13 bits per heavy atom. The number of esters is 1. The Morgan fingerprint density at radius 2 is 1.48 bits per heavy atom. The number of hydrogen-bond donors (Lipinski definition) is 1. The van der Waals surface area contributed by atoms with Crippen LogP contribution in [0, 0.1) is 0 Å². The first-order valence-electron chi connectivity index (χ1n) is 9.47. The molecule has 0 rings (SSSR count). The predicted octanol–water partition coefficient (Wildman–Crippen LogP) is 5.30. The Kier molecular flexibility index (Phi) is 18.1. The summed E-state index contributed by atoms with van der Waals surface area (Å²) in [5.41, 5.74) is 5.28. The molecule has 134 valence electrons. The lowest BCUT2D eigenvalue weighted by molar-refractivity contribution is -0.143. The Morgan fingerprint density at radius 1 is 0.870 bits per heavy atom. The molecule has 3 nitrogen and oxygen atoms in total. The van der Waals surface area contributed by atoms with Gasteiger partial charge in [-0.15, -0.1) is 0 Å². The van der Waals surface area contributed by atoms with Gasteiger partial charge in [0.25, 0.3) is 0 Å². The highest BCUT2D eigenvalue weighted by Gasteiger charge is 2.01. The van der Waals surface area contributed by atoms with Crippen LogP contribution in [0.1, 0.15) is 84.0 Å². The van der Waals surface area contributed by atoms with Gasteiger partial charge in [0.2, 0.25) is 0 Å². The highest BCUT2D eigenvalue weighted by Crippen LogP contribution is 2.08. The van der Waals surface area contributed by atoms with Gasteiger partial charge in [-0.3, -0.25) is 4.79 Å². The van der Waals surface area contributed by atoms with Crippen LogP contribution < -0.4 is 5.73 Å². The molecule has 0 aromatic carbocycles. The number of nitrogens with two attached hydrogens (primary N) is 1. The summed E-state index contributed by atoms with van der Waals surface area (Å²) in [6.45, 7) is 3.00. The number of unbranched alkanes of at least 4 members (excludes halogenated alkanes) is 8. The van der Waals surface area contributed by atoms with Gasteiger partial charge in [-0.25, -0.2) is 0 Å². The molecule has 0 fully saturated rings. The molecule has 0 aliphatic carbocycles. The Labute approximate surface area is 143 Å². The number of ether oxygens (including phenoxy) is 1. The SMILES string of the molecule is CCCCC/C=C\C/C=C\CCCCCCCC(=O)OCCN. The molecule has 23 heavy (non-hydrogen) atoms. The zero-order valence-corrected chi connectivity index (χ0v) is 15.1. The lowest BCUT2D eigenvalue weighted by atomic mass is 10.1. The molecule has 0 saturated heterocycles. The van der Waals surface area contributed by atoms with E-state index in [2.05, 4.69) is 31.2 Å². The molecule has 0 atom stereocenters. The minimum atomic E-state index is -0.110. The molecule has 0 spiro atoms. The molecule has 0 aliphatic heterocycles. The quantitative estimate of drug-likeness (QED) is 0.238. The summed E-state index contributed by atoms with van der Waals surface area (Å²) in [4.78, 5) is 11.2. The fourth-order valence-electron chi connectivity index (χ4n) is 2.33. The number of hydrogen-bond acceptors (Lipinski definition) is 3. The van der Waals surface area contributed by atoms with Gasteiger partial charge >= 0.3 is 5.97 Å². The van der Waals surface area contributed by atoms with Crippen LogP contribution in [0.25, 0.3) is 0 Å². The Balaban J connectivity index is 3.23. The molecular weight excluding hydrogens is 286 g/mol. The van der Waals surface area contributed by atoms with E-state index in [1.807, 2.05) is 0 Å². The first kappa shape index (κ1) is 21.9. The fraction of sp³-hybridized carbons (Fsp3) is 0.750. The van der Waals surface area contributed by atoms with Crippen molar-refractivity contribution >= 4 is 5.97 Å². The van der Waals surface area contributed by atoms with Crippen molar-refractivity contribution < 1.29 is 9.53 Å². The molecule has 0 saturated carbocycles. The lowest BCUT2D eigenvalue weighted by Crippen LogP contribution is -2.13. The van der Waals surface area contributed by atoms with Crippen LogP contribution in [0.3, 0.4) is 0 Å². The standard InChI is InChI=1S/C20H37NO2/c1-2-3-4-5-6-7-8-9-10-11-12-13-14-15-16-17-20(22)23-19-18-21/h6-7,9-10H,2-5,8,11-19,21H2,1H3/b7-6-,10-9-. The summed E-state index contributed by atoms with van der Waals surface area (Å²) in [5.74, 6) is -0.110. The highest BCUT2D eigenvalue weighted by atomic mass is 16.5. The molecule has 2 N–H and O–H groups in total. The zero-order chi connectivity index (χ0) is 17.0. The third-order valence-corrected chi connectivity index (χ3v) is 3.71. The van der Waals surface area contributed by atoms with Crippen molar-refractivity contribution in [3.05, 3.63) is 24.3 Å². The van der Waals surface area contributed by atoms with Gasteiger partial charge in [0, 0.05) is 13.0 Å². The van der Waals surface area contributed by atoms with Crippen LogP contribution in [0.15, 0.2) is 24.3 Å². The molecular formula is C20H37NO2. The van der Waals surface area contributed by atoms with E-state index < -0.39 is 0 Å². The van der Waals surface area contributed by atoms with Crippen molar-refractivity contribution in [3.8, 4) is 0 Å². The maximum Gasteiger partial charge on any atom is 0.305 e. The zero-order valence-electron chi connectivity index (χ0n) is 15.1. The normalized spacial score (nSPS) is 11.6. The largest absolute Gasteiger partial charge is 0.464 e. The van der Waals surface area contributed by atoms with Crippen molar-refractivity contribution in [1.82, 2.24) is 0 Å². The van der Waals surface area contributed by atoms with Crippen molar-refractivity contribution in [3.63, 3.8) is 0 Å². The maximum atomic E-state index is 11.2. The maximum absolute atomic E-state index is 11.2. The van der Waals surface area contributed by atoms with Gasteiger partial charge < -0.3 is 10.5 Å². The van der Waals surface area contributed by atoms with Crippen LogP contribution in [0.2, 0.25) is 0 Å². The van der Waals surface area contributed by atoms with Crippen LogP contribution >= 0.6 is 0 Å². The molecule has 0 amide bonds. The minimum absolute atomic E-state index is 0.110. The fourth-order valence-corrected chi connectivity index (χ4v) is 2.33. The third kappa shape index (κ3) is 18.9. The smallest absolute Gasteiger partial charge is 0.305 e. The van der Waals surface area contributed by atoms with Gasteiger partial charge in [-0.05, 0) is 38.5 Å².